The van der Waals surface area contributed by atoms with E-state index < -0.39 is 7.60 Å². The van der Waals surface area contributed by atoms with Gasteiger partial charge in [-0.15, -0.1) is 0 Å². The van der Waals surface area contributed by atoms with Gasteiger partial charge in [-0.05, 0) is 31.1 Å². The van der Waals surface area contributed by atoms with Crippen molar-refractivity contribution in [3.8, 4) is 0 Å². The summed E-state index contributed by atoms with van der Waals surface area (Å²) in [5, 5.41) is 0. The van der Waals surface area contributed by atoms with Crippen molar-refractivity contribution in [3.63, 3.8) is 0 Å². The Kier molecular flexibility index (Phi) is 5.20. The highest BCUT2D eigenvalue weighted by Crippen LogP contribution is 2.58. The first-order valence-electron chi connectivity index (χ1n) is 7.85. The Morgan fingerprint density at radius 3 is 2.50 bits per heavy atom. The summed E-state index contributed by atoms with van der Waals surface area (Å²) in [6, 6.07) is 0. The average molecular weight is 330 g/mol. The molecule has 2 fully saturated rings. The Bertz CT molecular complexity index is 503. The van der Waals surface area contributed by atoms with Gasteiger partial charge in [-0.3, -0.25) is 9.36 Å². The molecule has 3 unspecified atom stereocenters. The molecule has 0 aromatic rings. The zero-order valence-corrected chi connectivity index (χ0v) is 15.0. The topological polar surface area (TPSA) is 61.8 Å². The molecule has 2 rings (SSSR count). The molecule has 0 aromatic carbocycles. The van der Waals surface area contributed by atoms with E-state index in [1.807, 2.05) is 6.92 Å². The Morgan fingerprint density at radius 2 is 2.00 bits per heavy atom. The molecule has 22 heavy (non-hydrogen) atoms. The molecule has 0 heterocycles. The van der Waals surface area contributed by atoms with Crippen LogP contribution in [0.15, 0.2) is 11.6 Å². The maximum atomic E-state index is 12.5. The zero-order chi connectivity index (χ0) is 16.5. The Labute approximate surface area is 132 Å². The fourth-order valence-electron chi connectivity index (χ4n) is 4.07. The molecule has 0 spiro atoms. The van der Waals surface area contributed by atoms with Gasteiger partial charge in [-0.2, -0.15) is 0 Å². The van der Waals surface area contributed by atoms with Crippen molar-refractivity contribution < 1.29 is 23.1 Å². The highest BCUT2D eigenvalue weighted by atomic mass is 31.2. The molecule has 3 atom stereocenters. The van der Waals surface area contributed by atoms with Gasteiger partial charge < -0.3 is 13.8 Å². The highest BCUT2D eigenvalue weighted by Gasteiger charge is 2.55. The lowest BCUT2D eigenvalue weighted by molar-refractivity contribution is -0.128. The average Bonchev–Trinajstić information content (AvgIpc) is 2.93. The van der Waals surface area contributed by atoms with Gasteiger partial charge in [0.2, 0.25) is 0 Å². The molecule has 0 aliphatic heterocycles. The number of carbonyl (C=O) groups excluding carboxylic acids is 1. The minimum Gasteiger partial charge on any atom is -0.498 e. The predicted molar refractivity (Wildman–Crippen MR) is 84.4 cm³/mol. The molecule has 126 valence electrons. The quantitative estimate of drug-likeness (QED) is 0.522. The molecule has 6 heteroatoms. The van der Waals surface area contributed by atoms with Crippen LogP contribution < -0.4 is 0 Å². The van der Waals surface area contributed by atoms with Crippen molar-refractivity contribution in [2.75, 3.05) is 20.8 Å². The molecular weight excluding hydrogens is 303 g/mol. The van der Waals surface area contributed by atoms with Crippen molar-refractivity contribution in [2.45, 2.75) is 40.0 Å². The number of rotatable bonds is 7. The standard InChI is InChI=1S/C16H27O5P/c1-6-21-12(10-22(18,19-4)20-5)8-13-14-7-11(15(13)17)9-16(14,2)3/h10-11,13-14H,6-9H2,1-5H3/b12-10-. The summed E-state index contributed by atoms with van der Waals surface area (Å²) in [4.78, 5) is 12.5. The van der Waals surface area contributed by atoms with E-state index in [2.05, 4.69) is 13.8 Å². The second kappa shape index (κ2) is 6.46. The maximum absolute atomic E-state index is 12.5. The molecule has 5 nitrogen and oxygen atoms in total. The highest BCUT2D eigenvalue weighted by molar-refractivity contribution is 7.57. The normalized spacial score (nSPS) is 30.9. The summed E-state index contributed by atoms with van der Waals surface area (Å²) < 4.78 is 27.8. The minimum atomic E-state index is -3.29. The lowest BCUT2D eigenvalue weighted by Crippen LogP contribution is -2.34. The van der Waals surface area contributed by atoms with E-state index in [-0.39, 0.29) is 17.3 Å². The van der Waals surface area contributed by atoms with E-state index in [1.165, 1.54) is 20.0 Å². The molecular formula is C16H27O5P. The van der Waals surface area contributed by atoms with Crippen molar-refractivity contribution in [3.05, 3.63) is 11.6 Å². The van der Waals surface area contributed by atoms with Gasteiger partial charge in [0.15, 0.2) is 0 Å². The van der Waals surface area contributed by atoms with E-state index in [9.17, 15) is 9.36 Å². The number of hydrogen-bond acceptors (Lipinski definition) is 5. The molecule has 0 aromatic heterocycles. The number of hydrogen-bond donors (Lipinski definition) is 0. The Hall–Kier alpha value is -0.640. The number of carbonyl (C=O) groups is 1. The van der Waals surface area contributed by atoms with Gasteiger partial charge in [0, 0.05) is 32.5 Å². The smallest absolute Gasteiger partial charge is 0.357 e. The van der Waals surface area contributed by atoms with Crippen LogP contribution in [0.2, 0.25) is 0 Å². The van der Waals surface area contributed by atoms with E-state index in [4.69, 9.17) is 13.8 Å². The molecule has 2 saturated carbocycles. The monoisotopic (exact) mass is 330 g/mol. The van der Waals surface area contributed by atoms with E-state index in [0.29, 0.717) is 30.5 Å². The van der Waals surface area contributed by atoms with Crippen LogP contribution in [0.4, 0.5) is 0 Å². The van der Waals surface area contributed by atoms with E-state index in [1.54, 1.807) is 0 Å². The van der Waals surface area contributed by atoms with Crippen LogP contribution in [0.25, 0.3) is 0 Å². The van der Waals surface area contributed by atoms with Gasteiger partial charge in [0.1, 0.15) is 11.5 Å². The lowest BCUT2D eigenvalue weighted by Gasteiger charge is -2.35. The first-order chi connectivity index (χ1) is 10.3. The summed E-state index contributed by atoms with van der Waals surface area (Å²) in [6.45, 7) is 6.79. The third-order valence-electron chi connectivity index (χ3n) is 5.13. The van der Waals surface area contributed by atoms with Gasteiger partial charge in [-0.25, -0.2) is 0 Å². The number of allylic oxidation sites excluding steroid dienone is 1. The van der Waals surface area contributed by atoms with Gasteiger partial charge in [-0.1, -0.05) is 13.8 Å². The van der Waals surface area contributed by atoms with Gasteiger partial charge >= 0.3 is 7.60 Å². The third kappa shape index (κ3) is 3.32. The number of ketones is 1. The summed E-state index contributed by atoms with van der Waals surface area (Å²) in [7, 11) is -0.604. The molecule has 0 N–H and O–H groups in total. The van der Waals surface area contributed by atoms with Crippen molar-refractivity contribution in [1.29, 1.82) is 0 Å². The van der Waals surface area contributed by atoms with Crippen LogP contribution in [-0.2, 0) is 23.1 Å². The lowest BCUT2D eigenvalue weighted by atomic mass is 9.69. The SMILES string of the molecule is CCO/C(=C\P(=O)(OC)OC)CC1C(=O)C2CC1C(C)(C)C2. The van der Waals surface area contributed by atoms with Crippen LogP contribution >= 0.6 is 7.60 Å². The van der Waals surface area contributed by atoms with Gasteiger partial charge in [0.25, 0.3) is 0 Å². The molecule has 2 bridgehead atoms. The second-order valence-electron chi connectivity index (χ2n) is 6.88. The number of ether oxygens (including phenoxy) is 1. The zero-order valence-electron chi connectivity index (χ0n) is 14.1. The molecule has 2 aliphatic rings. The number of Topliss-reactive ketones (excluding diaryl/α,β-unsaturated/α-hetero) is 1. The van der Waals surface area contributed by atoms with Crippen LogP contribution in [0.3, 0.4) is 0 Å². The maximum Gasteiger partial charge on any atom is 0.357 e. The van der Waals surface area contributed by atoms with E-state index in [0.717, 1.165) is 12.8 Å². The Morgan fingerprint density at radius 1 is 1.36 bits per heavy atom. The van der Waals surface area contributed by atoms with Gasteiger partial charge in [0.05, 0.1) is 12.4 Å². The van der Waals surface area contributed by atoms with Crippen molar-refractivity contribution >= 4 is 13.4 Å². The minimum absolute atomic E-state index is 0.0475. The first kappa shape index (κ1) is 17.7. The second-order valence-corrected chi connectivity index (χ2v) is 8.95. The predicted octanol–water partition coefficient (Wildman–Crippen LogP) is 3.99. The van der Waals surface area contributed by atoms with E-state index >= 15 is 0 Å². The first-order valence-corrected chi connectivity index (χ1v) is 9.47. The van der Waals surface area contributed by atoms with Crippen LogP contribution in [0, 0.1) is 23.2 Å². The molecule has 0 radical (unpaired) electrons. The molecule has 0 amide bonds. The summed E-state index contributed by atoms with van der Waals surface area (Å²) in [5.41, 5.74) is 0.187. The summed E-state index contributed by atoms with van der Waals surface area (Å²) in [5.74, 6) is 2.80. The fourth-order valence-corrected chi connectivity index (χ4v) is 4.96. The fraction of sp³-hybridized carbons (Fsp3) is 0.812. The largest absolute Gasteiger partial charge is 0.498 e. The van der Waals surface area contributed by atoms with Crippen molar-refractivity contribution in [2.24, 2.45) is 23.2 Å². The number of fused-ring (bicyclic) bond motifs is 2. The summed E-state index contributed by atoms with van der Waals surface area (Å²) >= 11 is 0. The molecule has 2 aliphatic carbocycles. The van der Waals surface area contributed by atoms with Crippen LogP contribution in [-0.4, -0.2) is 26.6 Å². The van der Waals surface area contributed by atoms with Crippen LogP contribution in [0.5, 0.6) is 0 Å². The van der Waals surface area contributed by atoms with Crippen LogP contribution in [0.1, 0.15) is 40.0 Å². The third-order valence-corrected chi connectivity index (χ3v) is 6.75. The van der Waals surface area contributed by atoms with Crippen molar-refractivity contribution in [1.82, 2.24) is 0 Å². The summed E-state index contributed by atoms with van der Waals surface area (Å²) in [6.07, 6.45) is 2.44. The molecule has 0 saturated heterocycles. The Balaban J connectivity index is 2.20.